The average Bonchev–Trinajstić information content (AvgIpc) is 2.73. The third-order valence-corrected chi connectivity index (χ3v) is 7.62. The number of nitrogens with one attached hydrogen (secondary N) is 1. The van der Waals surface area contributed by atoms with E-state index in [2.05, 4.69) is 5.32 Å². The van der Waals surface area contributed by atoms with Gasteiger partial charge in [0.1, 0.15) is 0 Å². The summed E-state index contributed by atoms with van der Waals surface area (Å²) in [5.74, 6) is -0.368. The number of halogens is 1. The largest absolute Gasteiger partial charge is 0.373 e. The number of aryl methyl sites for hydroxylation is 1. The Morgan fingerprint density at radius 2 is 1.81 bits per heavy atom. The predicted molar refractivity (Wildman–Crippen MR) is 123 cm³/mol. The van der Waals surface area contributed by atoms with Crippen molar-refractivity contribution in [3.63, 3.8) is 0 Å². The summed E-state index contributed by atoms with van der Waals surface area (Å²) in [6, 6.07) is 9.89. The van der Waals surface area contributed by atoms with Gasteiger partial charge in [-0.1, -0.05) is 37.6 Å². The fraction of sp³-hybridized carbons (Fsp3) is 0.435. The molecule has 1 aliphatic rings. The number of hydrogen-bond donors (Lipinski definition) is 1. The van der Waals surface area contributed by atoms with Gasteiger partial charge in [-0.15, -0.1) is 0 Å². The second-order valence-corrected chi connectivity index (χ2v) is 10.2. The Kier molecular flexibility index (Phi) is 7.42. The van der Waals surface area contributed by atoms with Crippen molar-refractivity contribution in [1.82, 2.24) is 4.31 Å². The first-order valence-electron chi connectivity index (χ1n) is 10.5. The Morgan fingerprint density at radius 1 is 1.13 bits per heavy atom. The molecule has 2 aromatic carbocycles. The van der Waals surface area contributed by atoms with Crippen molar-refractivity contribution < 1.29 is 17.9 Å². The Balaban J connectivity index is 1.90. The summed E-state index contributed by atoms with van der Waals surface area (Å²) in [5, 5.41) is 3.56. The smallest absolute Gasteiger partial charge is 0.255 e. The normalized spacial score (nSPS) is 19.9. The SMILES string of the molecule is CCc1ccc(Cl)c(CC)c1NC(=O)c1cccc(S(=O)(=O)N2C[C@H](C)O[C@@H](C)C2)c1. The molecule has 2 atom stereocenters. The van der Waals surface area contributed by atoms with Gasteiger partial charge >= 0.3 is 0 Å². The lowest BCUT2D eigenvalue weighted by Crippen LogP contribution is -2.48. The molecular formula is C23H29ClN2O4S. The van der Waals surface area contributed by atoms with Crippen LogP contribution in [0.3, 0.4) is 0 Å². The molecule has 0 aliphatic carbocycles. The monoisotopic (exact) mass is 464 g/mol. The second kappa shape index (κ2) is 9.69. The molecule has 1 aliphatic heterocycles. The first-order valence-corrected chi connectivity index (χ1v) is 12.4. The molecule has 8 heteroatoms. The van der Waals surface area contributed by atoms with Crippen molar-refractivity contribution in [2.24, 2.45) is 0 Å². The van der Waals surface area contributed by atoms with Gasteiger partial charge in [0.15, 0.2) is 0 Å². The minimum absolute atomic E-state index is 0.0963. The van der Waals surface area contributed by atoms with E-state index >= 15 is 0 Å². The average molecular weight is 465 g/mol. The number of morpholine rings is 1. The zero-order valence-electron chi connectivity index (χ0n) is 18.3. The number of ether oxygens (including phenoxy) is 1. The van der Waals surface area contributed by atoms with E-state index in [1.165, 1.54) is 16.4 Å². The maximum atomic E-state index is 13.2. The number of rotatable bonds is 6. The summed E-state index contributed by atoms with van der Waals surface area (Å²) in [7, 11) is -3.74. The number of sulfonamides is 1. The zero-order valence-corrected chi connectivity index (χ0v) is 19.9. The van der Waals surface area contributed by atoms with Crippen LogP contribution in [0.4, 0.5) is 5.69 Å². The molecule has 0 unspecified atom stereocenters. The minimum atomic E-state index is -3.74. The Morgan fingerprint density at radius 3 is 2.42 bits per heavy atom. The molecule has 1 saturated heterocycles. The van der Waals surface area contributed by atoms with Crippen molar-refractivity contribution in [2.75, 3.05) is 18.4 Å². The second-order valence-electron chi connectivity index (χ2n) is 7.83. The van der Waals surface area contributed by atoms with Gasteiger partial charge < -0.3 is 10.1 Å². The number of carbonyl (C=O) groups is 1. The number of nitrogens with zero attached hydrogens (tertiary/aromatic N) is 1. The van der Waals surface area contributed by atoms with Crippen LogP contribution in [0.1, 0.15) is 49.2 Å². The number of hydrogen-bond acceptors (Lipinski definition) is 4. The molecule has 6 nitrogen and oxygen atoms in total. The van der Waals surface area contributed by atoms with Crippen LogP contribution < -0.4 is 5.32 Å². The van der Waals surface area contributed by atoms with Gasteiger partial charge in [0.25, 0.3) is 5.91 Å². The summed E-state index contributed by atoms with van der Waals surface area (Å²) in [6.07, 6.45) is 1.03. The summed E-state index contributed by atoms with van der Waals surface area (Å²) in [5.41, 5.74) is 2.83. The molecule has 3 rings (SSSR count). The van der Waals surface area contributed by atoms with Crippen LogP contribution in [0.25, 0.3) is 0 Å². The third-order valence-electron chi connectivity index (χ3n) is 5.44. The number of benzene rings is 2. The molecule has 1 fully saturated rings. The van der Waals surface area contributed by atoms with E-state index in [1.807, 2.05) is 39.8 Å². The van der Waals surface area contributed by atoms with Gasteiger partial charge in [-0.3, -0.25) is 4.79 Å². The standard InChI is InChI=1S/C23H29ClN2O4S/c1-5-17-10-11-21(24)20(6-2)22(17)25-23(27)18-8-7-9-19(12-18)31(28,29)26-13-15(3)30-16(4)14-26/h7-12,15-16H,5-6,13-14H2,1-4H3,(H,25,27)/t15-,16-/m0/s1. The zero-order chi connectivity index (χ0) is 22.8. The lowest BCUT2D eigenvalue weighted by Gasteiger charge is -2.34. The Labute approximate surface area is 189 Å². The highest BCUT2D eigenvalue weighted by Gasteiger charge is 2.32. The summed E-state index contributed by atoms with van der Waals surface area (Å²) in [6.45, 7) is 8.26. The quantitative estimate of drug-likeness (QED) is 0.682. The third kappa shape index (κ3) is 5.12. The first-order chi connectivity index (χ1) is 14.7. The van der Waals surface area contributed by atoms with E-state index in [1.54, 1.807) is 12.1 Å². The van der Waals surface area contributed by atoms with E-state index in [0.717, 1.165) is 17.5 Å². The van der Waals surface area contributed by atoms with Crippen LogP contribution >= 0.6 is 11.6 Å². The highest BCUT2D eigenvalue weighted by Crippen LogP contribution is 2.30. The van der Waals surface area contributed by atoms with Crippen LogP contribution in [0.15, 0.2) is 41.3 Å². The van der Waals surface area contributed by atoms with Gasteiger partial charge in [0.2, 0.25) is 10.0 Å². The number of amides is 1. The first kappa shape index (κ1) is 23.7. The molecule has 1 amide bonds. The lowest BCUT2D eigenvalue weighted by atomic mass is 10.0. The van der Waals surface area contributed by atoms with E-state index in [0.29, 0.717) is 17.1 Å². The van der Waals surface area contributed by atoms with Crippen LogP contribution in [0.2, 0.25) is 5.02 Å². The van der Waals surface area contributed by atoms with E-state index in [-0.39, 0.29) is 41.7 Å². The fourth-order valence-electron chi connectivity index (χ4n) is 3.93. The molecular weight excluding hydrogens is 436 g/mol. The van der Waals surface area contributed by atoms with Gasteiger partial charge in [-0.2, -0.15) is 4.31 Å². The van der Waals surface area contributed by atoms with Gasteiger partial charge in [-0.25, -0.2) is 8.42 Å². The van der Waals surface area contributed by atoms with Crippen LogP contribution in [0, 0.1) is 0 Å². The predicted octanol–water partition coefficient (Wildman–Crippen LogP) is 4.52. The molecule has 1 heterocycles. The van der Waals surface area contributed by atoms with Crippen molar-refractivity contribution in [3.8, 4) is 0 Å². The van der Waals surface area contributed by atoms with Gasteiger partial charge in [0, 0.05) is 29.4 Å². The van der Waals surface area contributed by atoms with Crippen LogP contribution in [-0.2, 0) is 27.6 Å². The van der Waals surface area contributed by atoms with Crippen molar-refractivity contribution in [1.29, 1.82) is 0 Å². The molecule has 0 radical (unpaired) electrons. The highest BCUT2D eigenvalue weighted by molar-refractivity contribution is 7.89. The lowest BCUT2D eigenvalue weighted by molar-refractivity contribution is -0.0440. The summed E-state index contributed by atoms with van der Waals surface area (Å²) >= 11 is 6.34. The molecule has 1 N–H and O–H groups in total. The Bertz CT molecular complexity index is 1060. The molecule has 31 heavy (non-hydrogen) atoms. The molecule has 0 bridgehead atoms. The maximum absolute atomic E-state index is 13.2. The summed E-state index contributed by atoms with van der Waals surface area (Å²) in [4.78, 5) is 13.1. The number of carbonyl (C=O) groups excluding carboxylic acids is 1. The van der Waals surface area contributed by atoms with E-state index in [9.17, 15) is 13.2 Å². The minimum Gasteiger partial charge on any atom is -0.373 e. The molecule has 0 saturated carbocycles. The summed E-state index contributed by atoms with van der Waals surface area (Å²) < 4.78 is 33.4. The molecule has 0 aromatic heterocycles. The van der Waals surface area contributed by atoms with Crippen molar-refractivity contribution >= 4 is 33.2 Å². The van der Waals surface area contributed by atoms with Gasteiger partial charge in [0.05, 0.1) is 17.1 Å². The van der Waals surface area contributed by atoms with Crippen molar-refractivity contribution in [2.45, 2.75) is 57.6 Å². The maximum Gasteiger partial charge on any atom is 0.255 e. The fourth-order valence-corrected chi connectivity index (χ4v) is 5.85. The van der Waals surface area contributed by atoms with Crippen molar-refractivity contribution in [3.05, 3.63) is 58.1 Å². The number of anilines is 1. The highest BCUT2D eigenvalue weighted by atomic mass is 35.5. The molecule has 2 aromatic rings. The van der Waals surface area contributed by atoms with Gasteiger partial charge in [-0.05, 0) is 62.1 Å². The topological polar surface area (TPSA) is 75.7 Å². The Hall–Kier alpha value is -1.93. The molecule has 0 spiro atoms. The van der Waals surface area contributed by atoms with E-state index in [4.69, 9.17) is 16.3 Å². The van der Waals surface area contributed by atoms with Crippen LogP contribution in [-0.4, -0.2) is 43.9 Å². The molecule has 168 valence electrons. The van der Waals surface area contributed by atoms with E-state index < -0.39 is 10.0 Å². The van der Waals surface area contributed by atoms with Crippen LogP contribution in [0.5, 0.6) is 0 Å².